The summed E-state index contributed by atoms with van der Waals surface area (Å²) in [6.45, 7) is 2.80. The zero-order chi connectivity index (χ0) is 15.8. The van der Waals surface area contributed by atoms with Crippen molar-refractivity contribution in [2.75, 3.05) is 26.3 Å². The number of fused-ring (bicyclic) bond motifs is 1. The molecular weight excluding hydrogens is 319 g/mol. The molecular formula is C15H13FN4O2S. The number of nitrogens with zero attached hydrogens (tertiary/aromatic N) is 4. The molecule has 0 radical (unpaired) electrons. The van der Waals surface area contributed by atoms with Gasteiger partial charge in [0, 0.05) is 18.7 Å². The van der Waals surface area contributed by atoms with Gasteiger partial charge in [-0.2, -0.15) is 0 Å². The van der Waals surface area contributed by atoms with E-state index in [0.717, 1.165) is 28.7 Å². The summed E-state index contributed by atoms with van der Waals surface area (Å²) < 4.78 is 18.5. The first-order chi connectivity index (χ1) is 11.2. The zero-order valence-corrected chi connectivity index (χ0v) is 12.9. The topological polar surface area (TPSA) is 66.6 Å². The van der Waals surface area contributed by atoms with Crippen LogP contribution in [0.5, 0.6) is 0 Å². The lowest BCUT2D eigenvalue weighted by Gasteiger charge is -2.27. The lowest BCUT2D eigenvalue weighted by molar-refractivity contribution is -0.118. The van der Waals surface area contributed by atoms with Crippen LogP contribution in [0.2, 0.25) is 0 Å². The highest BCUT2D eigenvalue weighted by Gasteiger charge is 2.38. The van der Waals surface area contributed by atoms with Crippen LogP contribution in [0.25, 0.3) is 5.70 Å². The molecule has 1 saturated heterocycles. The van der Waals surface area contributed by atoms with E-state index in [1.54, 1.807) is 12.1 Å². The average Bonchev–Trinajstić information content (AvgIpc) is 3.03. The summed E-state index contributed by atoms with van der Waals surface area (Å²) in [6.07, 6.45) is 0. The third-order valence-electron chi connectivity index (χ3n) is 3.80. The second kappa shape index (κ2) is 5.86. The SMILES string of the molecule is O=C1N=NC(c2ccc(F)cc2)=C2SC(N3CCOCC3)=NC12. The summed E-state index contributed by atoms with van der Waals surface area (Å²) in [5, 5.41) is 8.53. The monoisotopic (exact) mass is 332 g/mol. The Morgan fingerprint density at radius 2 is 1.91 bits per heavy atom. The Morgan fingerprint density at radius 1 is 1.17 bits per heavy atom. The van der Waals surface area contributed by atoms with E-state index in [1.165, 1.54) is 23.9 Å². The van der Waals surface area contributed by atoms with Gasteiger partial charge in [0.25, 0.3) is 5.91 Å². The minimum Gasteiger partial charge on any atom is -0.378 e. The quantitative estimate of drug-likeness (QED) is 0.791. The molecule has 0 spiro atoms. The van der Waals surface area contributed by atoms with Crippen molar-refractivity contribution >= 4 is 28.5 Å². The molecule has 1 fully saturated rings. The van der Waals surface area contributed by atoms with E-state index in [4.69, 9.17) is 4.74 Å². The highest BCUT2D eigenvalue weighted by Crippen LogP contribution is 2.41. The molecule has 0 aromatic heterocycles. The molecule has 0 bridgehead atoms. The van der Waals surface area contributed by atoms with Crippen molar-refractivity contribution < 1.29 is 13.9 Å². The molecule has 1 aromatic carbocycles. The minimum absolute atomic E-state index is 0.316. The summed E-state index contributed by atoms with van der Waals surface area (Å²) >= 11 is 1.44. The zero-order valence-electron chi connectivity index (χ0n) is 12.1. The number of amides is 1. The van der Waals surface area contributed by atoms with Gasteiger partial charge < -0.3 is 9.64 Å². The van der Waals surface area contributed by atoms with Gasteiger partial charge in [0.15, 0.2) is 11.2 Å². The molecule has 1 aromatic rings. The van der Waals surface area contributed by atoms with E-state index in [1.807, 2.05) is 0 Å². The molecule has 8 heteroatoms. The van der Waals surface area contributed by atoms with Crippen LogP contribution in [0.15, 0.2) is 44.4 Å². The van der Waals surface area contributed by atoms with Crippen molar-refractivity contribution in [3.05, 3.63) is 40.6 Å². The van der Waals surface area contributed by atoms with Crippen molar-refractivity contribution in [1.29, 1.82) is 0 Å². The predicted molar refractivity (Wildman–Crippen MR) is 84.4 cm³/mol. The number of morpholine rings is 1. The Kier molecular flexibility index (Phi) is 3.70. The first-order valence-electron chi connectivity index (χ1n) is 7.26. The number of carbonyl (C=O) groups excluding carboxylic acids is 1. The van der Waals surface area contributed by atoms with E-state index < -0.39 is 6.04 Å². The van der Waals surface area contributed by atoms with Gasteiger partial charge in [-0.05, 0) is 24.3 Å². The summed E-state index contributed by atoms with van der Waals surface area (Å²) in [6, 6.07) is 5.38. The number of azo groups is 1. The normalized spacial score (nSPS) is 24.0. The number of rotatable bonds is 1. The van der Waals surface area contributed by atoms with Crippen molar-refractivity contribution in [1.82, 2.24) is 4.90 Å². The van der Waals surface area contributed by atoms with E-state index in [0.29, 0.717) is 18.9 Å². The summed E-state index contributed by atoms with van der Waals surface area (Å²) in [5.74, 6) is -0.675. The molecule has 1 amide bonds. The highest BCUT2D eigenvalue weighted by molar-refractivity contribution is 8.17. The number of hydrogen-bond donors (Lipinski definition) is 0. The summed E-state index contributed by atoms with van der Waals surface area (Å²) in [4.78, 5) is 19.4. The number of ether oxygens (including phenoxy) is 1. The molecule has 6 nitrogen and oxygen atoms in total. The van der Waals surface area contributed by atoms with Crippen molar-refractivity contribution in [2.45, 2.75) is 6.04 Å². The average molecular weight is 332 g/mol. The lowest BCUT2D eigenvalue weighted by atomic mass is 10.1. The van der Waals surface area contributed by atoms with E-state index in [2.05, 4.69) is 20.1 Å². The number of amidine groups is 1. The van der Waals surface area contributed by atoms with Gasteiger partial charge >= 0.3 is 0 Å². The molecule has 3 heterocycles. The van der Waals surface area contributed by atoms with Gasteiger partial charge in [-0.25, -0.2) is 9.38 Å². The molecule has 3 aliphatic heterocycles. The van der Waals surface area contributed by atoms with Crippen molar-refractivity contribution in [3.8, 4) is 0 Å². The van der Waals surface area contributed by atoms with Crippen molar-refractivity contribution in [3.63, 3.8) is 0 Å². The van der Waals surface area contributed by atoms with E-state index >= 15 is 0 Å². The van der Waals surface area contributed by atoms with Gasteiger partial charge in [0.2, 0.25) is 0 Å². The van der Waals surface area contributed by atoms with Gasteiger partial charge in [-0.1, -0.05) is 11.8 Å². The van der Waals surface area contributed by atoms with Crippen LogP contribution in [0.4, 0.5) is 4.39 Å². The number of halogens is 1. The fraction of sp³-hybridized carbons (Fsp3) is 0.333. The Balaban J connectivity index is 1.68. The highest BCUT2D eigenvalue weighted by atomic mass is 32.2. The van der Waals surface area contributed by atoms with Crippen LogP contribution in [0.1, 0.15) is 5.56 Å². The molecule has 118 valence electrons. The predicted octanol–water partition coefficient (Wildman–Crippen LogP) is 2.29. The van der Waals surface area contributed by atoms with Gasteiger partial charge in [-0.3, -0.25) is 4.79 Å². The Bertz CT molecular complexity index is 738. The molecule has 0 saturated carbocycles. The van der Waals surface area contributed by atoms with Crippen LogP contribution in [0.3, 0.4) is 0 Å². The molecule has 3 aliphatic rings. The molecule has 0 N–H and O–H groups in total. The maximum Gasteiger partial charge on any atom is 0.294 e. The smallest absolute Gasteiger partial charge is 0.294 e. The molecule has 0 aliphatic carbocycles. The first-order valence-corrected chi connectivity index (χ1v) is 8.08. The number of benzene rings is 1. The van der Waals surface area contributed by atoms with E-state index in [9.17, 15) is 9.18 Å². The van der Waals surface area contributed by atoms with Crippen LogP contribution < -0.4 is 0 Å². The van der Waals surface area contributed by atoms with Gasteiger partial charge in [-0.15, -0.1) is 10.2 Å². The van der Waals surface area contributed by atoms with Gasteiger partial charge in [0.05, 0.1) is 18.1 Å². The number of aliphatic imine (C=N–C) groups is 1. The molecule has 1 atom stereocenters. The van der Waals surface area contributed by atoms with Crippen LogP contribution in [-0.2, 0) is 9.53 Å². The third-order valence-corrected chi connectivity index (χ3v) is 4.99. The second-order valence-electron chi connectivity index (χ2n) is 5.27. The molecule has 4 rings (SSSR count). The lowest BCUT2D eigenvalue weighted by Crippen LogP contribution is -2.38. The Labute approximate surface area is 136 Å². The van der Waals surface area contributed by atoms with Crippen LogP contribution in [-0.4, -0.2) is 48.3 Å². The molecule has 1 unspecified atom stereocenters. The minimum atomic E-state index is -0.629. The van der Waals surface area contributed by atoms with Crippen LogP contribution >= 0.6 is 11.8 Å². The number of carbonyl (C=O) groups is 1. The van der Waals surface area contributed by atoms with Gasteiger partial charge in [0.1, 0.15) is 11.5 Å². The fourth-order valence-corrected chi connectivity index (χ4v) is 3.79. The van der Waals surface area contributed by atoms with Crippen LogP contribution in [0, 0.1) is 5.82 Å². The largest absolute Gasteiger partial charge is 0.378 e. The summed E-state index contributed by atoms with van der Waals surface area (Å²) in [7, 11) is 0. The maximum absolute atomic E-state index is 13.1. The first kappa shape index (κ1) is 14.5. The van der Waals surface area contributed by atoms with Crippen molar-refractivity contribution in [2.24, 2.45) is 15.2 Å². The van der Waals surface area contributed by atoms with E-state index in [-0.39, 0.29) is 11.7 Å². The second-order valence-corrected chi connectivity index (χ2v) is 6.28. The fourth-order valence-electron chi connectivity index (χ4n) is 2.61. The summed E-state index contributed by atoms with van der Waals surface area (Å²) in [5.41, 5.74) is 1.32. The maximum atomic E-state index is 13.1. The Morgan fingerprint density at radius 3 is 2.65 bits per heavy atom. The third kappa shape index (κ3) is 2.68. The number of hydrogen-bond acceptors (Lipinski definition) is 6. The molecule has 23 heavy (non-hydrogen) atoms. The standard InChI is InChI=1S/C15H13FN4O2S/c16-10-3-1-9(2-4-10)11-13-12(14(21)19-18-11)17-15(23-13)20-5-7-22-8-6-20/h1-4,12H,5-8H2. The Hall–Kier alpha value is -2.06. The number of thioether (sulfide) groups is 1.